The number of fused-ring (bicyclic) bond motifs is 1. The molecule has 7 heteroatoms. The second kappa shape index (κ2) is 6.56. The van der Waals surface area contributed by atoms with Gasteiger partial charge in [0.25, 0.3) is 5.91 Å². The first-order chi connectivity index (χ1) is 11.1. The molecule has 0 bridgehead atoms. The maximum absolute atomic E-state index is 12.8. The smallest absolute Gasteiger partial charge is 0.272 e. The molecule has 0 aliphatic rings. The Labute approximate surface area is 143 Å². The number of hydrogen-bond acceptors (Lipinski definition) is 3. The van der Waals surface area contributed by atoms with Crippen LogP contribution < -0.4 is 0 Å². The van der Waals surface area contributed by atoms with E-state index in [1.54, 1.807) is 46.2 Å². The van der Waals surface area contributed by atoms with Gasteiger partial charge in [-0.25, -0.2) is 4.98 Å². The van der Waals surface area contributed by atoms with E-state index in [9.17, 15) is 4.79 Å². The third-order valence-electron chi connectivity index (χ3n) is 3.58. The van der Waals surface area contributed by atoms with Crippen LogP contribution in [-0.2, 0) is 6.54 Å². The topological polar surface area (TPSA) is 50.5 Å². The van der Waals surface area contributed by atoms with Crippen molar-refractivity contribution in [2.24, 2.45) is 0 Å². The van der Waals surface area contributed by atoms with Gasteiger partial charge in [0.2, 0.25) is 0 Å². The van der Waals surface area contributed by atoms with E-state index in [0.29, 0.717) is 34.5 Å². The molecule has 1 amide bonds. The molecule has 0 aliphatic carbocycles. The van der Waals surface area contributed by atoms with Crippen LogP contribution in [0.5, 0.6) is 0 Å². The van der Waals surface area contributed by atoms with E-state index in [0.717, 1.165) is 5.56 Å². The van der Waals surface area contributed by atoms with Crippen molar-refractivity contribution in [1.82, 2.24) is 19.3 Å². The van der Waals surface area contributed by atoms with Crippen molar-refractivity contribution < 1.29 is 4.79 Å². The van der Waals surface area contributed by atoms with Gasteiger partial charge in [0.05, 0.1) is 12.4 Å². The lowest BCUT2D eigenvalue weighted by Gasteiger charge is -2.21. The van der Waals surface area contributed by atoms with Crippen molar-refractivity contribution >= 4 is 34.8 Å². The van der Waals surface area contributed by atoms with E-state index in [-0.39, 0.29) is 5.91 Å². The first-order valence-electron chi connectivity index (χ1n) is 7.10. The van der Waals surface area contributed by atoms with Gasteiger partial charge in [0.1, 0.15) is 5.69 Å². The van der Waals surface area contributed by atoms with Crippen LogP contribution in [0.2, 0.25) is 10.0 Å². The van der Waals surface area contributed by atoms with Crippen LogP contribution in [0.1, 0.15) is 23.0 Å². The molecule has 1 aromatic carbocycles. The van der Waals surface area contributed by atoms with Crippen molar-refractivity contribution in [3.63, 3.8) is 0 Å². The Morgan fingerprint density at radius 3 is 2.87 bits per heavy atom. The van der Waals surface area contributed by atoms with Crippen molar-refractivity contribution in [3.8, 4) is 0 Å². The van der Waals surface area contributed by atoms with Crippen LogP contribution in [-0.4, -0.2) is 31.7 Å². The molecule has 3 aromatic rings. The van der Waals surface area contributed by atoms with Gasteiger partial charge >= 0.3 is 0 Å². The molecule has 0 saturated carbocycles. The Morgan fingerprint density at radius 1 is 1.30 bits per heavy atom. The van der Waals surface area contributed by atoms with Crippen molar-refractivity contribution in [3.05, 3.63) is 64.3 Å². The minimum Gasteiger partial charge on any atom is -0.333 e. The monoisotopic (exact) mass is 348 g/mol. The van der Waals surface area contributed by atoms with Crippen LogP contribution in [0, 0.1) is 0 Å². The number of halogens is 2. The fraction of sp³-hybridized carbons (Fsp3) is 0.188. The summed E-state index contributed by atoms with van der Waals surface area (Å²) in [6.07, 6.45) is 6.52. The van der Waals surface area contributed by atoms with E-state index in [1.165, 1.54) is 0 Å². The average Bonchev–Trinajstić information content (AvgIpc) is 2.97. The number of amides is 1. The van der Waals surface area contributed by atoms with Gasteiger partial charge in [-0.15, -0.1) is 0 Å². The highest BCUT2D eigenvalue weighted by atomic mass is 35.5. The molecule has 3 rings (SSSR count). The lowest BCUT2D eigenvalue weighted by atomic mass is 10.2. The van der Waals surface area contributed by atoms with Gasteiger partial charge < -0.3 is 4.90 Å². The van der Waals surface area contributed by atoms with Crippen LogP contribution in [0.3, 0.4) is 0 Å². The third kappa shape index (κ3) is 3.16. The quantitative estimate of drug-likeness (QED) is 0.722. The Morgan fingerprint density at radius 2 is 2.13 bits per heavy atom. The van der Waals surface area contributed by atoms with Gasteiger partial charge in [0.15, 0.2) is 5.65 Å². The summed E-state index contributed by atoms with van der Waals surface area (Å²) in [5.74, 6) is -0.114. The first kappa shape index (κ1) is 15.8. The SMILES string of the molecule is CCN(Cc1ccc(Cl)cc1Cl)C(=O)c1cnc2cnccn12. The maximum Gasteiger partial charge on any atom is 0.272 e. The van der Waals surface area contributed by atoms with Crippen molar-refractivity contribution in [1.29, 1.82) is 0 Å². The normalized spacial score (nSPS) is 10.9. The highest BCUT2D eigenvalue weighted by Crippen LogP contribution is 2.23. The molecule has 23 heavy (non-hydrogen) atoms. The molecule has 5 nitrogen and oxygen atoms in total. The van der Waals surface area contributed by atoms with Gasteiger partial charge in [-0.3, -0.25) is 14.2 Å². The zero-order chi connectivity index (χ0) is 16.4. The molecule has 0 aliphatic heterocycles. The first-order valence-corrected chi connectivity index (χ1v) is 7.86. The largest absolute Gasteiger partial charge is 0.333 e. The van der Waals surface area contributed by atoms with Gasteiger partial charge in [-0.2, -0.15) is 0 Å². The maximum atomic E-state index is 12.8. The summed E-state index contributed by atoms with van der Waals surface area (Å²) in [4.78, 5) is 22.7. The molecule has 0 unspecified atom stereocenters. The minimum atomic E-state index is -0.114. The number of imidazole rings is 1. The molecule has 2 aromatic heterocycles. The Bertz CT molecular complexity index is 862. The number of carbonyl (C=O) groups excluding carboxylic acids is 1. The van der Waals surface area contributed by atoms with E-state index < -0.39 is 0 Å². The van der Waals surface area contributed by atoms with Gasteiger partial charge in [-0.05, 0) is 24.6 Å². The average molecular weight is 349 g/mol. The van der Waals surface area contributed by atoms with Crippen LogP contribution in [0.4, 0.5) is 0 Å². The van der Waals surface area contributed by atoms with E-state index in [2.05, 4.69) is 9.97 Å². The number of aromatic nitrogens is 3. The minimum absolute atomic E-state index is 0.114. The summed E-state index contributed by atoms with van der Waals surface area (Å²) in [6.45, 7) is 2.88. The Balaban J connectivity index is 1.89. The Hall–Kier alpha value is -2.11. The fourth-order valence-corrected chi connectivity index (χ4v) is 2.81. The molecule has 0 atom stereocenters. The lowest BCUT2D eigenvalue weighted by molar-refractivity contribution is 0.0745. The van der Waals surface area contributed by atoms with E-state index in [1.807, 2.05) is 13.0 Å². The molecular formula is C16H14Cl2N4O. The number of carbonyl (C=O) groups is 1. The summed E-state index contributed by atoms with van der Waals surface area (Å²) in [7, 11) is 0. The summed E-state index contributed by atoms with van der Waals surface area (Å²) in [6, 6.07) is 5.27. The molecule has 0 fully saturated rings. The summed E-state index contributed by atoms with van der Waals surface area (Å²) in [5.41, 5.74) is 1.98. The number of nitrogens with zero attached hydrogens (tertiary/aromatic N) is 4. The van der Waals surface area contributed by atoms with Crippen molar-refractivity contribution in [2.75, 3.05) is 6.54 Å². The third-order valence-corrected chi connectivity index (χ3v) is 4.17. The number of rotatable bonds is 4. The van der Waals surface area contributed by atoms with Crippen LogP contribution >= 0.6 is 23.2 Å². The van der Waals surface area contributed by atoms with E-state index >= 15 is 0 Å². The highest BCUT2D eigenvalue weighted by molar-refractivity contribution is 6.35. The molecular weight excluding hydrogens is 335 g/mol. The van der Waals surface area contributed by atoms with Gasteiger partial charge in [-0.1, -0.05) is 29.3 Å². The molecule has 2 heterocycles. The molecule has 0 spiro atoms. The summed E-state index contributed by atoms with van der Waals surface area (Å²) < 4.78 is 1.72. The van der Waals surface area contributed by atoms with Crippen molar-refractivity contribution in [2.45, 2.75) is 13.5 Å². The number of hydrogen-bond donors (Lipinski definition) is 0. The standard InChI is InChI=1S/C16H14Cl2N4O/c1-2-21(10-11-3-4-12(17)7-13(11)18)16(23)14-8-20-15-9-19-5-6-22(14)15/h3-9H,2,10H2,1H3. The predicted octanol–water partition coefficient (Wildman–Crippen LogP) is 3.70. The Kier molecular flexibility index (Phi) is 4.50. The van der Waals surface area contributed by atoms with Crippen LogP contribution in [0.25, 0.3) is 5.65 Å². The lowest BCUT2D eigenvalue weighted by Crippen LogP contribution is -2.31. The zero-order valence-corrected chi connectivity index (χ0v) is 13.9. The highest BCUT2D eigenvalue weighted by Gasteiger charge is 2.19. The molecule has 0 N–H and O–H groups in total. The number of benzene rings is 1. The predicted molar refractivity (Wildman–Crippen MR) is 89.9 cm³/mol. The second-order valence-corrected chi connectivity index (χ2v) is 5.85. The van der Waals surface area contributed by atoms with Gasteiger partial charge in [0, 0.05) is 35.5 Å². The second-order valence-electron chi connectivity index (χ2n) is 5.00. The molecule has 118 valence electrons. The zero-order valence-electron chi connectivity index (χ0n) is 12.4. The fourth-order valence-electron chi connectivity index (χ4n) is 2.35. The van der Waals surface area contributed by atoms with E-state index in [4.69, 9.17) is 23.2 Å². The van der Waals surface area contributed by atoms with Crippen LogP contribution in [0.15, 0.2) is 43.0 Å². The summed E-state index contributed by atoms with van der Waals surface area (Å²) in [5, 5.41) is 1.12. The molecule has 0 radical (unpaired) electrons. The summed E-state index contributed by atoms with van der Waals surface area (Å²) >= 11 is 12.1. The molecule has 0 saturated heterocycles.